The molecule has 0 radical (unpaired) electrons. The molecule has 0 saturated heterocycles. The van der Waals surface area contributed by atoms with Gasteiger partial charge in [-0.05, 0) is 26.3 Å². The zero-order chi connectivity index (χ0) is 26.8. The van der Waals surface area contributed by atoms with Crippen molar-refractivity contribution in [3.8, 4) is 0 Å². The van der Waals surface area contributed by atoms with Crippen LogP contribution in [0.4, 0.5) is 0 Å². The molecule has 3 N–H and O–H groups in total. The Morgan fingerprint density at radius 3 is 1.71 bits per heavy atom. The predicted molar refractivity (Wildman–Crippen MR) is 135 cm³/mol. The number of rotatable bonds is 18. The lowest BCUT2D eigenvalue weighted by Crippen LogP contribution is -2.47. The van der Waals surface area contributed by atoms with Gasteiger partial charge in [0.1, 0.15) is 0 Å². The van der Waals surface area contributed by atoms with Crippen molar-refractivity contribution in [1.82, 2.24) is 30.7 Å². The van der Waals surface area contributed by atoms with Crippen LogP contribution in [0.2, 0.25) is 0 Å². The van der Waals surface area contributed by atoms with Crippen molar-refractivity contribution in [3.05, 3.63) is 0 Å². The maximum atomic E-state index is 12.5. The number of nitrogens with zero attached hydrogens (tertiary/aromatic N) is 3. The number of carbonyl (C=O) groups excluding carboxylic acids is 5. The molecule has 0 aliphatic rings. The first-order valence-electron chi connectivity index (χ1n) is 12.7. The minimum absolute atomic E-state index is 0.0770. The van der Waals surface area contributed by atoms with Gasteiger partial charge >= 0.3 is 0 Å². The Balaban J connectivity index is 4.76. The Bertz CT molecular complexity index is 687. The third-order valence-corrected chi connectivity index (χ3v) is 5.79. The minimum Gasteiger partial charge on any atom is -0.358 e. The third kappa shape index (κ3) is 13.7. The van der Waals surface area contributed by atoms with Crippen molar-refractivity contribution >= 4 is 29.5 Å². The summed E-state index contributed by atoms with van der Waals surface area (Å²) in [6.45, 7) is 11.4. The second-order valence-corrected chi connectivity index (χ2v) is 8.43. The second-order valence-electron chi connectivity index (χ2n) is 8.43. The highest BCUT2D eigenvalue weighted by Crippen LogP contribution is 2.02. The van der Waals surface area contributed by atoms with E-state index >= 15 is 0 Å². The minimum atomic E-state index is -0.362. The van der Waals surface area contributed by atoms with Gasteiger partial charge in [0, 0.05) is 52.1 Å². The van der Waals surface area contributed by atoms with Crippen LogP contribution in [0, 0.1) is 0 Å². The molecule has 1 unspecified atom stereocenters. The van der Waals surface area contributed by atoms with Crippen molar-refractivity contribution in [1.29, 1.82) is 0 Å². The van der Waals surface area contributed by atoms with Gasteiger partial charge in [-0.15, -0.1) is 0 Å². The van der Waals surface area contributed by atoms with Gasteiger partial charge in [-0.3, -0.25) is 28.9 Å². The quantitative estimate of drug-likeness (QED) is 0.243. The lowest BCUT2D eigenvalue weighted by molar-refractivity contribution is -0.137. The monoisotopic (exact) mass is 498 g/mol. The standard InChI is InChI=1S/C24H46N6O5/c1-7-11-24(35)30(15-13-26-21(32)17-28(10-4)19(5)8-2)18-22(33)27-12-14-29(23(34)9-3)16-20(31)25-6/h19H,7-18H2,1-6H3,(H,25,31)(H,26,32)(H,27,33). The molecule has 11 heteroatoms. The molecule has 0 aromatic heterocycles. The van der Waals surface area contributed by atoms with E-state index in [4.69, 9.17) is 0 Å². The number of nitrogens with one attached hydrogen (secondary N) is 3. The summed E-state index contributed by atoms with van der Waals surface area (Å²) in [5.74, 6) is -1.11. The molecular formula is C24H46N6O5. The van der Waals surface area contributed by atoms with E-state index < -0.39 is 0 Å². The van der Waals surface area contributed by atoms with Gasteiger partial charge in [0.2, 0.25) is 29.5 Å². The van der Waals surface area contributed by atoms with Crippen LogP contribution in [0.15, 0.2) is 0 Å². The van der Waals surface area contributed by atoms with Crippen molar-refractivity contribution in [3.63, 3.8) is 0 Å². The third-order valence-electron chi connectivity index (χ3n) is 5.79. The van der Waals surface area contributed by atoms with Crippen LogP contribution in [-0.4, -0.2) is 110 Å². The summed E-state index contributed by atoms with van der Waals surface area (Å²) < 4.78 is 0. The summed E-state index contributed by atoms with van der Waals surface area (Å²) in [6, 6.07) is 0.303. The summed E-state index contributed by atoms with van der Waals surface area (Å²) in [4.78, 5) is 65.8. The molecule has 1 atom stereocenters. The first kappa shape index (κ1) is 32.3. The van der Waals surface area contributed by atoms with E-state index in [1.165, 1.54) is 16.8 Å². The van der Waals surface area contributed by atoms with Crippen molar-refractivity contribution in [2.24, 2.45) is 0 Å². The first-order valence-corrected chi connectivity index (χ1v) is 12.7. The van der Waals surface area contributed by atoms with E-state index in [-0.39, 0.29) is 81.8 Å². The Hall–Kier alpha value is -2.69. The molecule has 0 aliphatic carbocycles. The topological polar surface area (TPSA) is 131 Å². The molecule has 11 nitrogen and oxygen atoms in total. The van der Waals surface area contributed by atoms with Crippen molar-refractivity contribution in [2.75, 3.05) is 59.4 Å². The normalized spacial score (nSPS) is 11.5. The zero-order valence-electron chi connectivity index (χ0n) is 22.4. The average molecular weight is 499 g/mol. The maximum Gasteiger partial charge on any atom is 0.239 e. The Morgan fingerprint density at radius 2 is 1.26 bits per heavy atom. The number of amides is 5. The van der Waals surface area contributed by atoms with Crippen LogP contribution >= 0.6 is 0 Å². The van der Waals surface area contributed by atoms with E-state index in [9.17, 15) is 24.0 Å². The van der Waals surface area contributed by atoms with E-state index in [1.807, 2.05) is 13.8 Å². The Labute approximate surface area is 210 Å². The van der Waals surface area contributed by atoms with Gasteiger partial charge in [-0.1, -0.05) is 27.7 Å². The molecule has 202 valence electrons. The van der Waals surface area contributed by atoms with Crippen molar-refractivity contribution < 1.29 is 24.0 Å². The molecule has 0 aromatic rings. The molecule has 0 heterocycles. The van der Waals surface area contributed by atoms with Gasteiger partial charge in [0.15, 0.2) is 0 Å². The fraction of sp³-hybridized carbons (Fsp3) is 0.792. The predicted octanol–water partition coefficient (Wildman–Crippen LogP) is -0.0475. The largest absolute Gasteiger partial charge is 0.358 e. The Kier molecular flexibility index (Phi) is 17.2. The fourth-order valence-electron chi connectivity index (χ4n) is 3.40. The van der Waals surface area contributed by atoms with Gasteiger partial charge in [-0.25, -0.2) is 0 Å². The molecule has 0 aliphatic heterocycles. The summed E-state index contributed by atoms with van der Waals surface area (Å²) in [6.07, 6.45) is 2.16. The molecule has 0 saturated carbocycles. The molecule has 0 rings (SSSR count). The number of hydrogen-bond donors (Lipinski definition) is 3. The van der Waals surface area contributed by atoms with Crippen LogP contribution in [0.5, 0.6) is 0 Å². The summed E-state index contributed by atoms with van der Waals surface area (Å²) in [5, 5.41) is 8.03. The number of carbonyl (C=O) groups is 5. The molecule has 5 amide bonds. The molecule has 0 bridgehead atoms. The first-order chi connectivity index (χ1) is 16.6. The highest BCUT2D eigenvalue weighted by molar-refractivity contribution is 5.86. The van der Waals surface area contributed by atoms with Crippen LogP contribution in [0.3, 0.4) is 0 Å². The zero-order valence-corrected chi connectivity index (χ0v) is 22.4. The SMILES string of the molecule is CCCC(=O)N(CCNC(=O)CN(CC)C(C)CC)CC(=O)NCCN(CC(=O)NC)C(=O)CC. The molecule has 35 heavy (non-hydrogen) atoms. The lowest BCUT2D eigenvalue weighted by atomic mass is 10.2. The summed E-state index contributed by atoms with van der Waals surface area (Å²) in [5.41, 5.74) is 0. The highest BCUT2D eigenvalue weighted by Gasteiger charge is 2.19. The van der Waals surface area contributed by atoms with Crippen LogP contribution < -0.4 is 16.0 Å². The van der Waals surface area contributed by atoms with E-state index in [0.717, 1.165) is 13.0 Å². The summed E-state index contributed by atoms with van der Waals surface area (Å²) in [7, 11) is 1.49. The van der Waals surface area contributed by atoms with Gasteiger partial charge in [0.25, 0.3) is 0 Å². The number of likely N-dealkylation sites (N-methyl/N-ethyl adjacent to an activating group) is 2. The lowest BCUT2D eigenvalue weighted by Gasteiger charge is -2.27. The van der Waals surface area contributed by atoms with Crippen LogP contribution in [0.1, 0.15) is 60.3 Å². The van der Waals surface area contributed by atoms with Crippen LogP contribution in [0.25, 0.3) is 0 Å². The smallest absolute Gasteiger partial charge is 0.239 e. The second kappa shape index (κ2) is 18.6. The van der Waals surface area contributed by atoms with E-state index in [0.29, 0.717) is 18.9 Å². The van der Waals surface area contributed by atoms with Gasteiger partial charge < -0.3 is 25.8 Å². The Morgan fingerprint density at radius 1 is 0.743 bits per heavy atom. The van der Waals surface area contributed by atoms with Crippen LogP contribution in [-0.2, 0) is 24.0 Å². The maximum absolute atomic E-state index is 12.5. The average Bonchev–Trinajstić information content (AvgIpc) is 2.84. The van der Waals surface area contributed by atoms with Gasteiger partial charge in [0.05, 0.1) is 19.6 Å². The molecule has 0 fully saturated rings. The van der Waals surface area contributed by atoms with Crippen molar-refractivity contribution in [2.45, 2.75) is 66.3 Å². The van der Waals surface area contributed by atoms with E-state index in [1.54, 1.807) is 6.92 Å². The van der Waals surface area contributed by atoms with Gasteiger partial charge in [-0.2, -0.15) is 0 Å². The number of hydrogen-bond acceptors (Lipinski definition) is 6. The highest BCUT2D eigenvalue weighted by atomic mass is 16.2. The van der Waals surface area contributed by atoms with E-state index in [2.05, 4.69) is 34.7 Å². The molecule has 0 aromatic carbocycles. The molecular weight excluding hydrogens is 452 g/mol. The molecule has 0 spiro atoms. The summed E-state index contributed by atoms with van der Waals surface area (Å²) >= 11 is 0. The fourth-order valence-corrected chi connectivity index (χ4v) is 3.40.